The van der Waals surface area contributed by atoms with Gasteiger partial charge in [-0.05, 0) is 18.2 Å². The topological polar surface area (TPSA) is 38.7 Å². The van der Waals surface area contributed by atoms with Gasteiger partial charge in [-0.25, -0.2) is 0 Å². The molecule has 3 aromatic carbocycles. The number of benzene rings is 3. The van der Waals surface area contributed by atoms with Crippen LogP contribution in [0.25, 0.3) is 0 Å². The molecule has 0 unspecified atom stereocenters. The highest BCUT2D eigenvalue weighted by molar-refractivity contribution is 5.62. The normalized spacial score (nSPS) is 14.3. The van der Waals surface area contributed by atoms with Crippen LogP contribution in [0.4, 0.5) is 0 Å². The van der Waals surface area contributed by atoms with Gasteiger partial charge in [0.2, 0.25) is 0 Å². The van der Waals surface area contributed by atoms with E-state index < -0.39 is 5.60 Å². The molecule has 0 saturated carbocycles. The molecule has 0 spiro atoms. The number of fused-ring (bicyclic) bond motifs is 2. The zero-order valence-electron chi connectivity index (χ0n) is 12.7. The molecule has 1 heterocycles. The summed E-state index contributed by atoms with van der Waals surface area (Å²) in [5.41, 5.74) is 0.801. The lowest BCUT2D eigenvalue weighted by molar-refractivity contribution is 0.109. The molecule has 1 aliphatic heterocycles. The highest BCUT2D eigenvalue weighted by atomic mass is 16.5. The highest BCUT2D eigenvalue weighted by Gasteiger charge is 2.43. The lowest BCUT2D eigenvalue weighted by Gasteiger charge is -2.37. The van der Waals surface area contributed by atoms with E-state index in [0.29, 0.717) is 33.9 Å². The molecule has 4 rings (SSSR count). The van der Waals surface area contributed by atoms with E-state index in [-0.39, 0.29) is 0 Å². The Morgan fingerprint density at radius 3 is 1.78 bits per heavy atom. The van der Waals surface area contributed by atoms with E-state index in [4.69, 9.17) is 9.47 Å². The summed E-state index contributed by atoms with van der Waals surface area (Å²) in [4.78, 5) is 0. The molecule has 0 fully saturated rings. The van der Waals surface area contributed by atoms with Crippen molar-refractivity contribution in [1.82, 2.24) is 0 Å². The minimum Gasteiger partial charge on any atom is -0.496 e. The smallest absolute Gasteiger partial charge is 0.151 e. The third-order valence-corrected chi connectivity index (χ3v) is 4.27. The van der Waals surface area contributed by atoms with Gasteiger partial charge in [0.25, 0.3) is 0 Å². The van der Waals surface area contributed by atoms with Crippen molar-refractivity contribution in [1.29, 1.82) is 0 Å². The number of methoxy groups -OCH3 is 1. The van der Waals surface area contributed by atoms with Crippen molar-refractivity contribution in [3.63, 3.8) is 0 Å². The minimum atomic E-state index is -1.32. The minimum absolute atomic E-state index is 0.640. The highest BCUT2D eigenvalue weighted by Crippen LogP contribution is 2.51. The summed E-state index contributed by atoms with van der Waals surface area (Å²) in [6.45, 7) is 0. The fraction of sp³-hybridized carbons (Fsp3) is 0.100. The predicted octanol–water partition coefficient (Wildman–Crippen LogP) is 4.09. The van der Waals surface area contributed by atoms with Gasteiger partial charge in [-0.1, -0.05) is 54.6 Å². The molecule has 0 saturated heterocycles. The van der Waals surface area contributed by atoms with Gasteiger partial charge in [0, 0.05) is 16.7 Å². The van der Waals surface area contributed by atoms with Gasteiger partial charge in [0.15, 0.2) is 5.60 Å². The fourth-order valence-corrected chi connectivity index (χ4v) is 3.21. The maximum atomic E-state index is 11.8. The molecule has 0 amide bonds. The Morgan fingerprint density at radius 1 is 0.739 bits per heavy atom. The molecule has 3 heteroatoms. The molecular formula is C20H16O3. The van der Waals surface area contributed by atoms with Gasteiger partial charge in [-0.2, -0.15) is 0 Å². The largest absolute Gasteiger partial charge is 0.496 e. The summed E-state index contributed by atoms with van der Waals surface area (Å²) in [5.74, 6) is 1.95. The Hall–Kier alpha value is -2.78. The maximum absolute atomic E-state index is 11.8. The second-order valence-corrected chi connectivity index (χ2v) is 5.51. The second kappa shape index (κ2) is 5.14. The van der Waals surface area contributed by atoms with Crippen molar-refractivity contribution in [2.75, 3.05) is 7.11 Å². The van der Waals surface area contributed by atoms with Crippen LogP contribution in [-0.2, 0) is 5.60 Å². The predicted molar refractivity (Wildman–Crippen MR) is 88.1 cm³/mol. The molecule has 3 aromatic rings. The van der Waals surface area contributed by atoms with Crippen LogP contribution in [0, 0.1) is 0 Å². The lowest BCUT2D eigenvalue weighted by atomic mass is 9.78. The van der Waals surface area contributed by atoms with Gasteiger partial charge >= 0.3 is 0 Å². The van der Waals surface area contributed by atoms with Crippen LogP contribution in [0.15, 0.2) is 72.8 Å². The lowest BCUT2D eigenvalue weighted by Crippen LogP contribution is -2.32. The first-order valence-corrected chi connectivity index (χ1v) is 7.48. The first kappa shape index (κ1) is 13.9. The summed E-state index contributed by atoms with van der Waals surface area (Å²) < 4.78 is 11.5. The van der Waals surface area contributed by atoms with Crippen LogP contribution in [0.5, 0.6) is 17.2 Å². The Morgan fingerprint density at radius 2 is 1.22 bits per heavy atom. The first-order valence-electron chi connectivity index (χ1n) is 7.48. The molecule has 3 nitrogen and oxygen atoms in total. The van der Waals surface area contributed by atoms with Crippen molar-refractivity contribution < 1.29 is 14.6 Å². The zero-order chi connectivity index (χ0) is 15.9. The van der Waals surface area contributed by atoms with Crippen LogP contribution in [-0.4, -0.2) is 12.2 Å². The van der Waals surface area contributed by atoms with Gasteiger partial charge in [0.05, 0.1) is 7.11 Å². The molecule has 0 radical (unpaired) electrons. The number of rotatable bonds is 2. The number of ether oxygens (including phenoxy) is 2. The van der Waals surface area contributed by atoms with E-state index in [2.05, 4.69) is 0 Å². The van der Waals surface area contributed by atoms with E-state index in [1.165, 1.54) is 0 Å². The van der Waals surface area contributed by atoms with Crippen LogP contribution < -0.4 is 9.47 Å². The van der Waals surface area contributed by atoms with Gasteiger partial charge < -0.3 is 14.6 Å². The molecule has 0 atom stereocenters. The van der Waals surface area contributed by atoms with Gasteiger partial charge in [0.1, 0.15) is 17.2 Å². The van der Waals surface area contributed by atoms with E-state index in [1.54, 1.807) is 7.11 Å². The van der Waals surface area contributed by atoms with Crippen molar-refractivity contribution in [2.24, 2.45) is 0 Å². The maximum Gasteiger partial charge on any atom is 0.151 e. The molecule has 114 valence electrons. The van der Waals surface area contributed by atoms with Crippen LogP contribution in [0.3, 0.4) is 0 Å². The Bertz CT molecular complexity index is 825. The average molecular weight is 304 g/mol. The molecule has 0 aromatic heterocycles. The number of aliphatic hydroxyl groups is 1. The van der Waals surface area contributed by atoms with Crippen molar-refractivity contribution in [2.45, 2.75) is 5.60 Å². The van der Waals surface area contributed by atoms with Crippen LogP contribution in [0.2, 0.25) is 0 Å². The summed E-state index contributed by atoms with van der Waals surface area (Å²) in [7, 11) is 1.61. The zero-order valence-corrected chi connectivity index (χ0v) is 12.7. The molecule has 0 bridgehead atoms. The number of hydrogen-bond donors (Lipinski definition) is 1. The van der Waals surface area contributed by atoms with E-state index >= 15 is 0 Å². The van der Waals surface area contributed by atoms with Crippen molar-refractivity contribution in [3.8, 4) is 17.2 Å². The van der Waals surface area contributed by atoms with E-state index in [9.17, 15) is 5.11 Å². The van der Waals surface area contributed by atoms with Gasteiger partial charge in [-0.3, -0.25) is 0 Å². The SMILES string of the molecule is COc1ccccc1C1(O)c2ccccc2Oc2ccccc21. The molecule has 0 aliphatic carbocycles. The Labute approximate surface area is 134 Å². The third-order valence-electron chi connectivity index (χ3n) is 4.27. The van der Waals surface area contributed by atoms with Crippen molar-refractivity contribution in [3.05, 3.63) is 89.5 Å². The monoisotopic (exact) mass is 304 g/mol. The third kappa shape index (κ3) is 1.94. The van der Waals surface area contributed by atoms with E-state index in [0.717, 1.165) is 0 Å². The summed E-state index contributed by atoms with van der Waals surface area (Å²) >= 11 is 0. The quantitative estimate of drug-likeness (QED) is 0.775. The van der Waals surface area contributed by atoms with Gasteiger partial charge in [-0.15, -0.1) is 0 Å². The van der Waals surface area contributed by atoms with Crippen LogP contribution in [0.1, 0.15) is 16.7 Å². The molecule has 1 aliphatic rings. The van der Waals surface area contributed by atoms with Crippen LogP contribution >= 0.6 is 0 Å². The Balaban J connectivity index is 2.08. The number of hydrogen-bond acceptors (Lipinski definition) is 3. The molecular weight excluding hydrogens is 288 g/mol. The average Bonchev–Trinajstić information content (AvgIpc) is 2.62. The standard InChI is InChI=1S/C20H16O3/c1-22-17-11-5-2-8-14(17)20(21)15-9-3-6-12-18(15)23-19-13-7-4-10-16(19)20/h2-13,21H,1H3. The summed E-state index contributed by atoms with van der Waals surface area (Å²) in [5, 5.41) is 11.8. The Kier molecular flexibility index (Phi) is 3.10. The summed E-state index contributed by atoms with van der Waals surface area (Å²) in [6.07, 6.45) is 0. The number of para-hydroxylation sites is 3. The molecule has 1 N–H and O–H groups in total. The van der Waals surface area contributed by atoms with E-state index in [1.807, 2.05) is 72.8 Å². The molecule has 23 heavy (non-hydrogen) atoms. The fourth-order valence-electron chi connectivity index (χ4n) is 3.21. The van der Waals surface area contributed by atoms with Crippen molar-refractivity contribution >= 4 is 0 Å². The second-order valence-electron chi connectivity index (χ2n) is 5.51. The summed E-state index contributed by atoms with van der Waals surface area (Å²) in [6, 6.07) is 22.6. The first-order chi connectivity index (χ1) is 11.2.